The maximum Gasteiger partial charge on any atom is 0.414 e. The number of benzene rings is 1. The van der Waals surface area contributed by atoms with Crippen molar-refractivity contribution >= 4 is 35.5 Å². The van der Waals surface area contributed by atoms with Crippen LogP contribution in [-0.4, -0.2) is 61.7 Å². The molecule has 0 spiro atoms. The lowest BCUT2D eigenvalue weighted by molar-refractivity contribution is -0.120. The van der Waals surface area contributed by atoms with E-state index in [0.717, 1.165) is 49.9 Å². The zero-order chi connectivity index (χ0) is 21.6. The van der Waals surface area contributed by atoms with Crippen molar-refractivity contribution in [1.29, 1.82) is 0 Å². The van der Waals surface area contributed by atoms with Crippen molar-refractivity contribution in [3.63, 3.8) is 0 Å². The first kappa shape index (κ1) is 21.0. The highest BCUT2D eigenvalue weighted by Gasteiger charge is 2.41. The fraction of sp³-hybridized carbons (Fsp3) is 0.636. The van der Waals surface area contributed by atoms with Gasteiger partial charge in [0.05, 0.1) is 12.2 Å². The Kier molecular flexibility index (Phi) is 5.58. The summed E-state index contributed by atoms with van der Waals surface area (Å²) in [6.07, 6.45) is 4.69. The van der Waals surface area contributed by atoms with Crippen molar-refractivity contribution in [2.45, 2.75) is 50.3 Å². The summed E-state index contributed by atoms with van der Waals surface area (Å²) < 4.78 is 35.5. The number of halogens is 2. The Bertz CT molecular complexity index is 843. The number of ether oxygens (including phenoxy) is 1. The lowest BCUT2D eigenvalue weighted by Gasteiger charge is -2.37. The van der Waals surface area contributed by atoms with E-state index in [9.17, 15) is 9.59 Å². The molecule has 9 heteroatoms. The Balaban J connectivity index is 1.26. The maximum atomic E-state index is 15.1. The number of amides is 1. The molecular formula is C22H27F2N3O3S. The molecule has 31 heavy (non-hydrogen) atoms. The highest BCUT2D eigenvalue weighted by Crippen LogP contribution is 2.41. The van der Waals surface area contributed by atoms with Crippen molar-refractivity contribution in [3.8, 4) is 0 Å². The first-order valence-corrected chi connectivity index (χ1v) is 12.2. The summed E-state index contributed by atoms with van der Waals surface area (Å²) in [5.41, 5.74) is -0.0909. The monoisotopic (exact) mass is 451 g/mol. The summed E-state index contributed by atoms with van der Waals surface area (Å²) in [6.45, 7) is 1.17. The fourth-order valence-corrected chi connectivity index (χ4v) is 6.57. The van der Waals surface area contributed by atoms with Crippen LogP contribution in [0.1, 0.15) is 32.1 Å². The van der Waals surface area contributed by atoms with Crippen LogP contribution in [0.15, 0.2) is 12.1 Å². The minimum Gasteiger partial charge on any atom is -0.443 e. The number of carbonyl (C=O) groups excluding carboxylic acids is 2. The normalized spacial score (nSPS) is 29.1. The number of hydrogen-bond donors (Lipinski definition) is 1. The van der Waals surface area contributed by atoms with Crippen molar-refractivity contribution in [2.24, 2.45) is 5.41 Å². The van der Waals surface area contributed by atoms with Gasteiger partial charge in [0.1, 0.15) is 18.1 Å². The number of aldehydes is 1. The molecule has 2 bridgehead atoms. The maximum absolute atomic E-state index is 15.1. The summed E-state index contributed by atoms with van der Waals surface area (Å²) >= 11 is 1.84. The van der Waals surface area contributed by atoms with Gasteiger partial charge in [0, 0.05) is 54.2 Å². The van der Waals surface area contributed by atoms with Crippen LogP contribution in [0.3, 0.4) is 0 Å². The zero-order valence-corrected chi connectivity index (χ0v) is 18.1. The first-order valence-electron chi connectivity index (χ1n) is 11.0. The van der Waals surface area contributed by atoms with Gasteiger partial charge in [-0.1, -0.05) is 6.42 Å². The molecule has 1 saturated carbocycles. The lowest BCUT2D eigenvalue weighted by atomic mass is 9.70. The average Bonchev–Trinajstić information content (AvgIpc) is 3.18. The predicted octanol–water partition coefficient (Wildman–Crippen LogP) is 3.33. The SMILES string of the molecule is O=CC1(CNC[C@H]2CN(c3cc(F)c(N4C5CCC4CSC5)c(F)c3)C(=O)O2)CCC1. The van der Waals surface area contributed by atoms with Crippen LogP contribution in [-0.2, 0) is 9.53 Å². The third-order valence-corrected chi connectivity index (χ3v) is 8.38. The molecule has 3 heterocycles. The Morgan fingerprint density at radius 3 is 2.45 bits per heavy atom. The number of carbonyl (C=O) groups is 2. The van der Waals surface area contributed by atoms with Gasteiger partial charge in [-0.25, -0.2) is 13.6 Å². The summed E-state index contributed by atoms with van der Waals surface area (Å²) in [4.78, 5) is 26.8. The number of hydrogen-bond acceptors (Lipinski definition) is 6. The molecule has 1 aromatic carbocycles. The molecule has 168 valence electrons. The van der Waals surface area contributed by atoms with Gasteiger partial charge in [0.25, 0.3) is 0 Å². The minimum atomic E-state index is -0.633. The second-order valence-corrected chi connectivity index (χ2v) is 10.2. The van der Waals surface area contributed by atoms with Crippen LogP contribution in [0.2, 0.25) is 0 Å². The van der Waals surface area contributed by atoms with E-state index < -0.39 is 23.8 Å². The molecule has 3 saturated heterocycles. The number of nitrogens with one attached hydrogen (secondary N) is 1. The third-order valence-electron chi connectivity index (χ3n) is 7.13. The molecule has 3 atom stereocenters. The highest BCUT2D eigenvalue weighted by molar-refractivity contribution is 7.99. The molecule has 5 rings (SSSR count). The molecule has 0 radical (unpaired) electrons. The van der Waals surface area contributed by atoms with E-state index in [0.29, 0.717) is 13.1 Å². The number of anilines is 2. The van der Waals surface area contributed by atoms with Gasteiger partial charge in [-0.05, 0) is 25.7 Å². The van der Waals surface area contributed by atoms with Crippen molar-refractivity contribution in [3.05, 3.63) is 23.8 Å². The number of cyclic esters (lactones) is 1. The van der Waals surface area contributed by atoms with Crippen molar-refractivity contribution in [2.75, 3.05) is 40.9 Å². The highest BCUT2D eigenvalue weighted by atomic mass is 32.2. The molecule has 1 amide bonds. The summed E-state index contributed by atoms with van der Waals surface area (Å²) in [6, 6.07) is 2.81. The average molecular weight is 452 g/mol. The van der Waals surface area contributed by atoms with E-state index in [1.165, 1.54) is 17.0 Å². The van der Waals surface area contributed by atoms with Crippen LogP contribution in [0.4, 0.5) is 25.0 Å². The molecule has 1 aliphatic carbocycles. The Labute approximate surface area is 184 Å². The smallest absolute Gasteiger partial charge is 0.414 e. The van der Waals surface area contributed by atoms with E-state index in [1.807, 2.05) is 16.7 Å². The van der Waals surface area contributed by atoms with Crippen molar-refractivity contribution in [1.82, 2.24) is 5.32 Å². The summed E-state index contributed by atoms with van der Waals surface area (Å²) in [7, 11) is 0. The van der Waals surface area contributed by atoms with Crippen LogP contribution in [0.25, 0.3) is 0 Å². The van der Waals surface area contributed by atoms with Crippen LogP contribution >= 0.6 is 11.8 Å². The quantitative estimate of drug-likeness (QED) is 0.642. The zero-order valence-electron chi connectivity index (χ0n) is 17.3. The van der Waals surface area contributed by atoms with Crippen molar-refractivity contribution < 1.29 is 23.1 Å². The van der Waals surface area contributed by atoms with E-state index in [2.05, 4.69) is 5.32 Å². The van der Waals surface area contributed by atoms with E-state index in [-0.39, 0.29) is 35.4 Å². The minimum absolute atomic E-state index is 0.0296. The second-order valence-electron chi connectivity index (χ2n) is 9.17. The number of nitrogens with zero attached hydrogens (tertiary/aromatic N) is 2. The topological polar surface area (TPSA) is 61.9 Å². The molecule has 6 nitrogen and oxygen atoms in total. The van der Waals surface area contributed by atoms with Gasteiger partial charge >= 0.3 is 6.09 Å². The van der Waals surface area contributed by atoms with E-state index in [1.54, 1.807) is 0 Å². The molecular weight excluding hydrogens is 424 g/mol. The molecule has 0 aromatic heterocycles. The number of fused-ring (bicyclic) bond motifs is 2. The standard InChI is InChI=1S/C22H27F2N3O3S/c23-18-6-16(7-19(24)20(18)27-14-2-3-15(27)11-31-10-14)26-9-17(30-21(26)29)8-25-12-22(13-28)4-1-5-22/h6-7,13-15,17,25H,1-5,8-12H2/t14?,15?,17-/m0/s1. The summed E-state index contributed by atoms with van der Waals surface area (Å²) in [5.74, 6) is 0.503. The van der Waals surface area contributed by atoms with Crippen LogP contribution in [0.5, 0.6) is 0 Å². The van der Waals surface area contributed by atoms with Gasteiger partial charge in [-0.3, -0.25) is 4.90 Å². The van der Waals surface area contributed by atoms with Gasteiger partial charge in [0.15, 0.2) is 11.6 Å². The second kappa shape index (κ2) is 8.24. The molecule has 1 N–H and O–H groups in total. The molecule has 4 aliphatic rings. The number of rotatable bonds is 7. The predicted molar refractivity (Wildman–Crippen MR) is 116 cm³/mol. The third kappa shape index (κ3) is 3.80. The fourth-order valence-electron chi connectivity index (χ4n) is 5.24. The Hall–Kier alpha value is -1.87. The molecule has 4 fully saturated rings. The Morgan fingerprint density at radius 2 is 1.87 bits per heavy atom. The largest absolute Gasteiger partial charge is 0.443 e. The van der Waals surface area contributed by atoms with Gasteiger partial charge in [0.2, 0.25) is 0 Å². The van der Waals surface area contributed by atoms with Crippen LogP contribution in [0, 0.1) is 17.0 Å². The van der Waals surface area contributed by atoms with E-state index in [4.69, 9.17) is 4.74 Å². The van der Waals surface area contributed by atoms with Crippen LogP contribution < -0.4 is 15.1 Å². The first-order chi connectivity index (χ1) is 15.0. The Morgan fingerprint density at radius 1 is 1.19 bits per heavy atom. The van der Waals surface area contributed by atoms with Gasteiger partial charge < -0.3 is 19.7 Å². The lowest BCUT2D eigenvalue weighted by Crippen LogP contribution is -2.44. The summed E-state index contributed by atoms with van der Waals surface area (Å²) in [5, 5.41) is 3.21. The molecule has 2 unspecified atom stereocenters. The molecule has 1 aromatic rings. The van der Waals surface area contributed by atoms with Gasteiger partial charge in [-0.2, -0.15) is 11.8 Å². The van der Waals surface area contributed by atoms with Gasteiger partial charge in [-0.15, -0.1) is 0 Å². The van der Waals surface area contributed by atoms with E-state index >= 15 is 8.78 Å². The number of thioether (sulfide) groups is 1. The molecule has 3 aliphatic heterocycles.